The fourth-order valence-electron chi connectivity index (χ4n) is 4.52. The number of nitrogens with zero attached hydrogens (tertiary/aromatic N) is 4. The van der Waals surface area contributed by atoms with Crippen LogP contribution in [0.2, 0.25) is 0 Å². The fourth-order valence-corrected chi connectivity index (χ4v) is 5.44. The highest BCUT2D eigenvalue weighted by molar-refractivity contribution is 7.48. The molecule has 43 heavy (non-hydrogen) atoms. The minimum atomic E-state index is -4.78. The number of anilines is 1. The number of nitriles is 1. The van der Waals surface area contributed by atoms with Gasteiger partial charge in [-0.15, -0.1) is 0 Å². The first-order valence-corrected chi connectivity index (χ1v) is 14.5. The van der Waals surface area contributed by atoms with Crippen LogP contribution in [0.4, 0.5) is 19.8 Å². The Labute approximate surface area is 244 Å². The molecule has 0 bridgehead atoms. The van der Waals surface area contributed by atoms with Crippen LogP contribution in [0.5, 0.6) is 0 Å². The first kappa shape index (κ1) is 32.3. The molecule has 19 heteroatoms. The van der Waals surface area contributed by atoms with Crippen LogP contribution in [0.1, 0.15) is 39.8 Å². The second kappa shape index (κ2) is 12.6. The highest BCUT2D eigenvalue weighted by Gasteiger charge is 2.76. The molecule has 0 unspecified atom stereocenters. The third kappa shape index (κ3) is 6.82. The van der Waals surface area contributed by atoms with Crippen molar-refractivity contribution >= 4 is 31.5 Å². The molecule has 1 aliphatic heterocycles. The molecular formula is C24H31FN5O12P. The minimum absolute atomic E-state index is 0.0987. The molecule has 236 valence electrons. The summed E-state index contributed by atoms with van der Waals surface area (Å²) in [6, 6.07) is 4.99. The molecule has 2 aromatic rings. The lowest BCUT2D eigenvalue weighted by molar-refractivity contribution is -0.199. The number of fused-ring (bicyclic) bond motifs is 2. The van der Waals surface area contributed by atoms with Gasteiger partial charge < -0.3 is 34.5 Å². The summed E-state index contributed by atoms with van der Waals surface area (Å²) in [4.78, 5) is 27.2. The van der Waals surface area contributed by atoms with Crippen LogP contribution >= 0.6 is 7.82 Å². The zero-order chi connectivity index (χ0) is 31.6. The van der Waals surface area contributed by atoms with E-state index in [4.69, 9.17) is 33.5 Å². The number of carbonyl (C=O) groups is 2. The van der Waals surface area contributed by atoms with Gasteiger partial charge in [-0.2, -0.15) is 10.4 Å². The van der Waals surface area contributed by atoms with E-state index in [1.54, 1.807) is 27.7 Å². The number of nitrogens with two attached hydrogens (primary N) is 1. The van der Waals surface area contributed by atoms with E-state index >= 15 is 4.39 Å². The normalized spacial score (nSPS) is 26.5. The van der Waals surface area contributed by atoms with Gasteiger partial charge in [-0.3, -0.25) is 4.52 Å². The summed E-state index contributed by atoms with van der Waals surface area (Å²) in [7, 11) is -4.78. The first-order chi connectivity index (χ1) is 20.2. The maximum atomic E-state index is 15.9. The highest BCUT2D eigenvalue weighted by Crippen LogP contribution is 2.64. The van der Waals surface area contributed by atoms with E-state index in [2.05, 4.69) is 19.6 Å². The number of nitrogen functional groups attached to an aromatic ring is 1. The van der Waals surface area contributed by atoms with Gasteiger partial charge in [0.15, 0.2) is 5.82 Å². The van der Waals surface area contributed by atoms with E-state index in [-0.39, 0.29) is 17.9 Å². The largest absolute Gasteiger partial charge is 0.510 e. The lowest BCUT2D eigenvalue weighted by Gasteiger charge is -2.40. The standard InChI is InChI=1S/C24H31FN5O12P/c1-13(2)40-21(32)35-11-38-43(34,39-12-36-22(33)41-14(3)4)37-8-16-19(31)23(25)7-17(23)24(9-26,42-16)18-6-5-15-20(27)28-10-29-30(15)18/h5-6,10,13-14,16-17,19,31H,7-8,11-12H2,1-4H3,(H2,27,28,29)/t16-,17+,19-,23+,24-/m1/s1. The number of aliphatic hydroxyl groups is 1. The number of ether oxygens (including phenoxy) is 5. The van der Waals surface area contributed by atoms with Crippen molar-refractivity contribution in [3.8, 4) is 6.07 Å². The molecule has 4 rings (SSSR count). The Bertz CT molecular complexity index is 1400. The molecule has 0 amide bonds. The summed E-state index contributed by atoms with van der Waals surface area (Å²) in [5.74, 6) is -0.993. The lowest BCUT2D eigenvalue weighted by atomic mass is 9.87. The second-order valence-electron chi connectivity index (χ2n) is 10.2. The van der Waals surface area contributed by atoms with Gasteiger partial charge >= 0.3 is 20.1 Å². The van der Waals surface area contributed by atoms with Crippen LogP contribution in [0.25, 0.3) is 5.52 Å². The average molecular weight is 632 g/mol. The molecule has 5 atom stereocenters. The van der Waals surface area contributed by atoms with Gasteiger partial charge in [-0.1, -0.05) is 0 Å². The Morgan fingerprint density at radius 3 is 2.35 bits per heavy atom. The molecule has 0 aromatic carbocycles. The quantitative estimate of drug-likeness (QED) is 0.195. The first-order valence-electron chi connectivity index (χ1n) is 13.0. The zero-order valence-corrected chi connectivity index (χ0v) is 24.5. The minimum Gasteiger partial charge on any atom is -0.432 e. The van der Waals surface area contributed by atoms with E-state index < -0.39 is 81.9 Å². The van der Waals surface area contributed by atoms with Gasteiger partial charge in [0.1, 0.15) is 35.8 Å². The highest BCUT2D eigenvalue weighted by atomic mass is 31.2. The number of aromatic nitrogens is 3. The Morgan fingerprint density at radius 2 is 1.79 bits per heavy atom. The molecule has 0 spiro atoms. The molecule has 3 heterocycles. The molecule has 1 saturated heterocycles. The van der Waals surface area contributed by atoms with E-state index in [9.17, 15) is 24.5 Å². The summed E-state index contributed by atoms with van der Waals surface area (Å²) >= 11 is 0. The number of phosphoric ester groups is 1. The monoisotopic (exact) mass is 631 g/mol. The van der Waals surface area contributed by atoms with Gasteiger partial charge in [-0.05, 0) is 46.2 Å². The van der Waals surface area contributed by atoms with Gasteiger partial charge in [0, 0.05) is 5.92 Å². The van der Waals surface area contributed by atoms with Crippen LogP contribution in [0, 0.1) is 17.2 Å². The maximum Gasteiger partial charge on any atom is 0.510 e. The molecule has 2 aliphatic rings. The Balaban J connectivity index is 1.52. The fraction of sp³-hybridized carbons (Fsp3) is 0.625. The molecule has 17 nitrogen and oxygen atoms in total. The van der Waals surface area contributed by atoms with Gasteiger partial charge in [0.25, 0.3) is 0 Å². The lowest BCUT2D eigenvalue weighted by Crippen LogP contribution is -2.54. The van der Waals surface area contributed by atoms with Crippen LogP contribution < -0.4 is 5.73 Å². The summed E-state index contributed by atoms with van der Waals surface area (Å²) in [6.07, 6.45) is -5.91. The molecular weight excluding hydrogens is 600 g/mol. The third-order valence-electron chi connectivity index (χ3n) is 6.47. The van der Waals surface area contributed by atoms with Crippen molar-refractivity contribution < 1.29 is 60.9 Å². The number of alkyl halides is 1. The summed E-state index contributed by atoms with van der Waals surface area (Å²) in [6.45, 7) is 3.39. The van der Waals surface area contributed by atoms with Crippen LogP contribution in [0.15, 0.2) is 18.5 Å². The number of aliphatic hydroxyl groups excluding tert-OH is 1. The average Bonchev–Trinajstić information content (AvgIpc) is 3.45. The predicted molar refractivity (Wildman–Crippen MR) is 138 cm³/mol. The van der Waals surface area contributed by atoms with E-state index in [1.807, 2.05) is 6.07 Å². The molecule has 2 aromatic heterocycles. The van der Waals surface area contributed by atoms with Crippen molar-refractivity contribution in [3.05, 3.63) is 24.2 Å². The Hall–Kier alpha value is -3.59. The number of hydrogen-bond acceptors (Lipinski definition) is 16. The molecule has 2 fully saturated rings. The molecule has 0 radical (unpaired) electrons. The smallest absolute Gasteiger partial charge is 0.432 e. The summed E-state index contributed by atoms with van der Waals surface area (Å²) < 4.78 is 70.6. The topological polar surface area (TPSA) is 225 Å². The SMILES string of the molecule is CC(C)OC(=O)OCOP(=O)(OCOC(=O)OC(C)C)OC[C@H]1O[C@@](C#N)(c2ccc3c(N)ncnn23)[C@H]2C[C@@]2(F)[C@@H]1O. The van der Waals surface area contributed by atoms with Crippen molar-refractivity contribution in [3.63, 3.8) is 0 Å². The summed E-state index contributed by atoms with van der Waals surface area (Å²) in [5.41, 5.74) is 2.09. The van der Waals surface area contributed by atoms with E-state index in [0.717, 1.165) is 6.33 Å². The van der Waals surface area contributed by atoms with E-state index in [1.165, 1.54) is 16.6 Å². The zero-order valence-electron chi connectivity index (χ0n) is 23.6. The predicted octanol–water partition coefficient (Wildman–Crippen LogP) is 2.71. The number of carbonyl (C=O) groups excluding carboxylic acids is 2. The van der Waals surface area contributed by atoms with Gasteiger partial charge in [0.2, 0.25) is 19.2 Å². The second-order valence-corrected chi connectivity index (χ2v) is 11.8. The van der Waals surface area contributed by atoms with Crippen molar-refractivity contribution in [2.45, 2.75) is 69.8 Å². The third-order valence-corrected chi connectivity index (χ3v) is 7.78. The molecule has 1 saturated carbocycles. The maximum absolute atomic E-state index is 15.9. The van der Waals surface area contributed by atoms with Gasteiger partial charge in [0.05, 0.1) is 24.5 Å². The Kier molecular flexibility index (Phi) is 9.45. The van der Waals surface area contributed by atoms with Crippen molar-refractivity contribution in [1.82, 2.24) is 14.6 Å². The molecule has 3 N–H and O–H groups in total. The van der Waals surface area contributed by atoms with Crippen LogP contribution in [0.3, 0.4) is 0 Å². The number of rotatable bonds is 12. The number of halogens is 1. The number of phosphoric acid groups is 1. The molecule has 1 aliphatic carbocycles. The van der Waals surface area contributed by atoms with Gasteiger partial charge in [-0.25, -0.2) is 37.1 Å². The Morgan fingerprint density at radius 1 is 1.19 bits per heavy atom. The summed E-state index contributed by atoms with van der Waals surface area (Å²) in [5, 5.41) is 25.2. The van der Waals surface area contributed by atoms with Crippen molar-refractivity contribution in [2.75, 3.05) is 25.9 Å². The van der Waals surface area contributed by atoms with Crippen molar-refractivity contribution in [1.29, 1.82) is 5.26 Å². The van der Waals surface area contributed by atoms with E-state index in [0.29, 0.717) is 5.52 Å². The van der Waals surface area contributed by atoms with Crippen LogP contribution in [-0.4, -0.2) is 82.3 Å². The van der Waals surface area contributed by atoms with Crippen LogP contribution in [-0.2, 0) is 47.4 Å². The number of hydrogen-bond donors (Lipinski definition) is 2. The van der Waals surface area contributed by atoms with Crippen molar-refractivity contribution in [2.24, 2.45) is 5.92 Å².